The van der Waals surface area contributed by atoms with E-state index in [0.717, 1.165) is 12.3 Å². The van der Waals surface area contributed by atoms with E-state index < -0.39 is 40.3 Å². The van der Waals surface area contributed by atoms with Crippen molar-refractivity contribution < 1.29 is 31.4 Å². The zero-order valence-corrected chi connectivity index (χ0v) is 20.7. The molecule has 3 aromatic heterocycles. The molecule has 3 heterocycles. The normalized spacial score (nSPS) is 13.9. The van der Waals surface area contributed by atoms with E-state index >= 15 is 0 Å². The Hall–Kier alpha value is -4.45. The van der Waals surface area contributed by atoms with Gasteiger partial charge in [0.1, 0.15) is 11.4 Å². The van der Waals surface area contributed by atoms with Gasteiger partial charge >= 0.3 is 12.4 Å². The van der Waals surface area contributed by atoms with E-state index in [-0.39, 0.29) is 34.1 Å². The second-order valence-electron chi connectivity index (χ2n) is 9.26. The van der Waals surface area contributed by atoms with E-state index in [1.165, 1.54) is 35.3 Å². The Morgan fingerprint density at radius 3 is 2.17 bits per heavy atom. The summed E-state index contributed by atoms with van der Waals surface area (Å²) in [6, 6.07) is 13.7. The third-order valence-corrected chi connectivity index (χ3v) is 6.68. The van der Waals surface area contributed by atoms with Gasteiger partial charge in [0.15, 0.2) is 11.0 Å². The van der Waals surface area contributed by atoms with Crippen molar-refractivity contribution in [2.24, 2.45) is 7.05 Å². The number of hydrogen-bond donors (Lipinski definition) is 2. The van der Waals surface area contributed by atoms with Crippen LogP contribution in [0.25, 0.3) is 10.9 Å². The zero-order valence-electron chi connectivity index (χ0n) is 20.7. The third-order valence-electron chi connectivity index (χ3n) is 6.68. The Bertz CT molecular complexity index is 1740. The summed E-state index contributed by atoms with van der Waals surface area (Å²) < 4.78 is 82.8. The molecule has 5 aromatic rings. The first-order valence-corrected chi connectivity index (χ1v) is 11.8. The van der Waals surface area contributed by atoms with Gasteiger partial charge in [0, 0.05) is 41.7 Å². The van der Waals surface area contributed by atoms with Crippen LogP contribution in [0.3, 0.4) is 0 Å². The summed E-state index contributed by atoms with van der Waals surface area (Å²) in [5.74, 6) is 0. The molecule has 0 amide bonds. The summed E-state index contributed by atoms with van der Waals surface area (Å²) in [4.78, 5) is 23.3. The first kappa shape index (κ1) is 27.1. The van der Waals surface area contributed by atoms with Crippen LogP contribution in [-0.2, 0) is 31.4 Å². The molecule has 0 aliphatic carbocycles. The molecule has 1 unspecified atom stereocenters. The van der Waals surface area contributed by atoms with Gasteiger partial charge in [-0.15, -0.1) is 0 Å². The molecule has 40 heavy (non-hydrogen) atoms. The van der Waals surface area contributed by atoms with E-state index in [1.807, 2.05) is 0 Å². The second kappa shape index (κ2) is 9.63. The smallest absolute Gasteiger partial charge is 0.374 e. The monoisotopic (exact) mass is 558 g/mol. The Balaban J connectivity index is 1.74. The van der Waals surface area contributed by atoms with Crippen molar-refractivity contribution in [2.45, 2.75) is 24.4 Å². The molecule has 0 fully saturated rings. The van der Waals surface area contributed by atoms with Crippen molar-refractivity contribution in [3.63, 3.8) is 0 Å². The highest BCUT2D eigenvalue weighted by Gasteiger charge is 2.40. The van der Waals surface area contributed by atoms with Crippen LogP contribution in [0, 0.1) is 0 Å². The maximum Gasteiger partial charge on any atom is 0.433 e. The largest absolute Gasteiger partial charge is 0.433 e. The molecular weight excluding hydrogens is 538 g/mol. The summed E-state index contributed by atoms with van der Waals surface area (Å²) in [5.41, 5.74) is -5.51. The van der Waals surface area contributed by atoms with Crippen molar-refractivity contribution >= 4 is 10.9 Å². The van der Waals surface area contributed by atoms with Gasteiger partial charge < -0.3 is 14.7 Å². The van der Waals surface area contributed by atoms with Crippen LogP contribution in [0.5, 0.6) is 0 Å². The maximum absolute atomic E-state index is 14.0. The minimum atomic E-state index is -4.85. The number of imidazole rings is 1. The molecule has 0 saturated heterocycles. The quantitative estimate of drug-likeness (QED) is 0.277. The Labute approximate surface area is 222 Å². The lowest BCUT2D eigenvalue weighted by Crippen LogP contribution is -2.32. The van der Waals surface area contributed by atoms with E-state index in [4.69, 9.17) is 0 Å². The molecule has 12 heteroatoms. The number of fused-ring (bicyclic) bond motifs is 1. The first-order valence-electron chi connectivity index (χ1n) is 11.8. The number of rotatable bonds is 5. The average molecular weight is 558 g/mol. The molecule has 206 valence electrons. The molecule has 0 radical (unpaired) electrons. The maximum atomic E-state index is 14.0. The molecule has 1 atom stereocenters. The van der Waals surface area contributed by atoms with Crippen LogP contribution in [0.2, 0.25) is 0 Å². The van der Waals surface area contributed by atoms with Crippen LogP contribution >= 0.6 is 0 Å². The average Bonchev–Trinajstić information content (AvgIpc) is 3.35. The lowest BCUT2D eigenvalue weighted by molar-refractivity contribution is -0.142. The number of alkyl halides is 6. The lowest BCUT2D eigenvalue weighted by Gasteiger charge is -2.30. The summed E-state index contributed by atoms with van der Waals surface area (Å²) in [6.45, 7) is 0. The molecule has 2 aromatic carbocycles. The molecule has 0 aliphatic heterocycles. The highest BCUT2D eigenvalue weighted by atomic mass is 19.4. The van der Waals surface area contributed by atoms with Gasteiger partial charge in [-0.05, 0) is 29.3 Å². The molecule has 0 saturated carbocycles. The number of nitrogens with zero attached hydrogens (tertiary/aromatic N) is 3. The van der Waals surface area contributed by atoms with E-state index in [2.05, 4.69) is 15.0 Å². The first-order chi connectivity index (χ1) is 18.8. The van der Waals surface area contributed by atoms with Crippen molar-refractivity contribution in [1.29, 1.82) is 0 Å². The van der Waals surface area contributed by atoms with Crippen LogP contribution in [0.15, 0.2) is 84.2 Å². The highest BCUT2D eigenvalue weighted by Crippen LogP contribution is 2.39. The van der Waals surface area contributed by atoms with Crippen molar-refractivity contribution in [1.82, 2.24) is 19.5 Å². The second-order valence-corrected chi connectivity index (χ2v) is 9.26. The predicted molar refractivity (Wildman–Crippen MR) is 133 cm³/mol. The number of aliphatic hydroxyl groups is 1. The van der Waals surface area contributed by atoms with Gasteiger partial charge in [-0.2, -0.15) is 26.3 Å². The van der Waals surface area contributed by atoms with Crippen LogP contribution in [0.1, 0.15) is 39.3 Å². The zero-order chi connectivity index (χ0) is 28.9. The van der Waals surface area contributed by atoms with Gasteiger partial charge in [0.05, 0.1) is 18.2 Å². The molecule has 6 nitrogen and oxygen atoms in total. The van der Waals surface area contributed by atoms with Crippen LogP contribution in [0.4, 0.5) is 26.3 Å². The van der Waals surface area contributed by atoms with Gasteiger partial charge in [0.25, 0.3) is 0 Å². The predicted octanol–water partition coefficient (Wildman–Crippen LogP) is 5.57. The lowest BCUT2D eigenvalue weighted by atomic mass is 9.83. The standard InChI is InChI=1S/C28H20F6N4O2/c1-38-15-35-14-23(38)26(40,18-8-10-22(36-13-18)27(29,30)31)17-7-9-21-19(12-17)24(39)20(25(37-21)28(32,33)34)11-16-5-3-2-4-6-16/h2-10,12-15,40H,11H2,1H3,(H,37,39). The molecule has 0 spiro atoms. The van der Waals surface area contributed by atoms with Crippen LogP contribution < -0.4 is 5.43 Å². The minimum Gasteiger partial charge on any atom is -0.374 e. The fourth-order valence-electron chi connectivity index (χ4n) is 4.71. The van der Waals surface area contributed by atoms with Gasteiger partial charge in [-0.25, -0.2) is 4.98 Å². The molecule has 2 N–H and O–H groups in total. The van der Waals surface area contributed by atoms with Gasteiger partial charge in [-0.1, -0.05) is 42.5 Å². The summed E-state index contributed by atoms with van der Waals surface area (Å²) in [5, 5.41) is 11.9. The summed E-state index contributed by atoms with van der Waals surface area (Å²) in [7, 11) is 1.55. The SMILES string of the molecule is Cn1cncc1C(O)(c1ccc(C(F)(F)F)nc1)c1ccc2[nH]c(C(F)(F)F)c(Cc3ccccc3)c(=O)c2c1. The number of hydrogen-bond acceptors (Lipinski definition) is 4. The van der Waals surface area contributed by atoms with E-state index in [1.54, 1.807) is 37.4 Å². The number of H-pyrrole nitrogens is 1. The number of aromatic nitrogens is 4. The fourth-order valence-corrected chi connectivity index (χ4v) is 4.71. The fraction of sp³-hybridized carbons (Fsp3) is 0.179. The Morgan fingerprint density at radius 2 is 1.60 bits per heavy atom. The third kappa shape index (κ3) is 4.75. The number of benzene rings is 2. The van der Waals surface area contributed by atoms with E-state index in [9.17, 15) is 36.2 Å². The van der Waals surface area contributed by atoms with Crippen LogP contribution in [-0.4, -0.2) is 24.6 Å². The Morgan fingerprint density at radius 1 is 0.900 bits per heavy atom. The molecule has 0 aliphatic rings. The molecular formula is C28H20F6N4O2. The number of aryl methyl sites for hydroxylation is 1. The highest BCUT2D eigenvalue weighted by molar-refractivity contribution is 5.81. The van der Waals surface area contributed by atoms with Gasteiger partial charge in [-0.3, -0.25) is 9.78 Å². The topological polar surface area (TPSA) is 83.8 Å². The van der Waals surface area contributed by atoms with Crippen molar-refractivity contribution in [3.05, 3.63) is 129 Å². The van der Waals surface area contributed by atoms with Crippen molar-refractivity contribution in [3.8, 4) is 0 Å². The summed E-state index contributed by atoms with van der Waals surface area (Å²) in [6.07, 6.45) is -6.36. The molecule has 0 bridgehead atoms. The van der Waals surface area contributed by atoms with Gasteiger partial charge in [0.2, 0.25) is 0 Å². The van der Waals surface area contributed by atoms with Crippen molar-refractivity contribution in [2.75, 3.05) is 0 Å². The summed E-state index contributed by atoms with van der Waals surface area (Å²) >= 11 is 0. The molecule has 5 rings (SSSR count). The number of pyridine rings is 2. The number of aromatic amines is 1. The van der Waals surface area contributed by atoms with E-state index in [0.29, 0.717) is 11.6 Å². The minimum absolute atomic E-state index is 0.0149. The Kier molecular flexibility index (Phi) is 6.53. The number of halogens is 6. The number of nitrogens with one attached hydrogen (secondary N) is 1.